The minimum absolute atomic E-state index is 0.212. The lowest BCUT2D eigenvalue weighted by Crippen LogP contribution is -2.48. The quantitative estimate of drug-likeness (QED) is 0.898. The van der Waals surface area contributed by atoms with E-state index in [2.05, 4.69) is 4.98 Å². The number of carboxylic acids is 1. The standard InChI is InChI=1S/C15H19F3N2O3/c1-23-8-6-14(13(21)22)5-2-7-20(10-14)12-4-3-11(9-19-12)15(16,17)18/h3-4,9H,2,5-8,10H2,1H3,(H,21,22). The van der Waals surface area contributed by atoms with Crippen LogP contribution in [-0.4, -0.2) is 42.9 Å². The molecule has 1 aromatic rings. The summed E-state index contributed by atoms with van der Waals surface area (Å²) >= 11 is 0. The number of methoxy groups -OCH3 is 1. The van der Waals surface area contributed by atoms with Crippen LogP contribution in [-0.2, 0) is 15.7 Å². The number of carbonyl (C=O) groups is 1. The number of anilines is 1. The van der Waals surface area contributed by atoms with E-state index >= 15 is 0 Å². The van der Waals surface area contributed by atoms with Crippen LogP contribution < -0.4 is 4.90 Å². The van der Waals surface area contributed by atoms with Crippen molar-refractivity contribution in [2.24, 2.45) is 5.41 Å². The Morgan fingerprint density at radius 1 is 1.48 bits per heavy atom. The van der Waals surface area contributed by atoms with E-state index in [-0.39, 0.29) is 6.54 Å². The molecule has 1 saturated heterocycles. The van der Waals surface area contributed by atoms with E-state index in [4.69, 9.17) is 4.74 Å². The molecule has 0 radical (unpaired) electrons. The van der Waals surface area contributed by atoms with Crippen molar-refractivity contribution in [1.29, 1.82) is 0 Å². The summed E-state index contributed by atoms with van der Waals surface area (Å²) in [6.45, 7) is 1.10. The molecule has 5 nitrogen and oxygen atoms in total. The summed E-state index contributed by atoms with van der Waals surface area (Å²) < 4.78 is 42.7. The van der Waals surface area contributed by atoms with E-state index in [0.717, 1.165) is 12.3 Å². The molecule has 128 valence electrons. The molecule has 1 N–H and O–H groups in total. The average Bonchev–Trinajstić information content (AvgIpc) is 2.52. The number of nitrogens with zero attached hydrogens (tertiary/aromatic N) is 2. The number of pyridine rings is 1. The van der Waals surface area contributed by atoms with Crippen LogP contribution in [0.4, 0.5) is 19.0 Å². The van der Waals surface area contributed by atoms with Gasteiger partial charge in [-0.15, -0.1) is 0 Å². The first-order valence-electron chi connectivity index (χ1n) is 7.29. The minimum Gasteiger partial charge on any atom is -0.481 e. The van der Waals surface area contributed by atoms with Crippen LogP contribution in [0, 0.1) is 5.41 Å². The molecule has 23 heavy (non-hydrogen) atoms. The molecule has 2 heterocycles. The van der Waals surface area contributed by atoms with Gasteiger partial charge in [0.2, 0.25) is 0 Å². The molecule has 0 aliphatic carbocycles. The number of hydrogen-bond acceptors (Lipinski definition) is 4. The third kappa shape index (κ3) is 3.93. The summed E-state index contributed by atoms with van der Waals surface area (Å²) in [6.07, 6.45) is -2.14. The Labute approximate surface area is 132 Å². The lowest BCUT2D eigenvalue weighted by atomic mass is 9.77. The highest BCUT2D eigenvalue weighted by Crippen LogP contribution is 2.36. The van der Waals surface area contributed by atoms with Gasteiger partial charge in [-0.3, -0.25) is 4.79 Å². The Morgan fingerprint density at radius 2 is 2.22 bits per heavy atom. The van der Waals surface area contributed by atoms with Crippen LogP contribution >= 0.6 is 0 Å². The molecule has 0 aromatic carbocycles. The first-order chi connectivity index (χ1) is 10.8. The second-order valence-electron chi connectivity index (χ2n) is 5.76. The fraction of sp³-hybridized carbons (Fsp3) is 0.600. The predicted octanol–water partition coefficient (Wildman–Crippen LogP) is 2.81. The minimum atomic E-state index is -4.43. The van der Waals surface area contributed by atoms with Crippen molar-refractivity contribution in [2.45, 2.75) is 25.4 Å². The van der Waals surface area contributed by atoms with Crippen molar-refractivity contribution >= 4 is 11.8 Å². The molecular weight excluding hydrogens is 313 g/mol. The molecule has 0 spiro atoms. The molecule has 2 rings (SSSR count). The van der Waals surface area contributed by atoms with Crippen molar-refractivity contribution in [3.63, 3.8) is 0 Å². The zero-order valence-electron chi connectivity index (χ0n) is 12.8. The van der Waals surface area contributed by atoms with E-state index < -0.39 is 23.1 Å². The molecule has 1 fully saturated rings. The Kier molecular flexibility index (Phi) is 5.13. The van der Waals surface area contributed by atoms with Crippen molar-refractivity contribution in [3.05, 3.63) is 23.9 Å². The molecule has 0 amide bonds. The van der Waals surface area contributed by atoms with Gasteiger partial charge in [-0.25, -0.2) is 4.98 Å². The maximum absolute atomic E-state index is 12.6. The third-order valence-electron chi connectivity index (χ3n) is 4.21. The summed E-state index contributed by atoms with van der Waals surface area (Å²) in [5.74, 6) is -0.549. The van der Waals surface area contributed by atoms with Crippen molar-refractivity contribution < 1.29 is 27.8 Å². The van der Waals surface area contributed by atoms with E-state index in [0.29, 0.717) is 38.2 Å². The zero-order chi connectivity index (χ0) is 17.1. The number of carboxylic acid groups (broad SMARTS) is 1. The number of rotatable bonds is 5. The topological polar surface area (TPSA) is 62.7 Å². The van der Waals surface area contributed by atoms with Gasteiger partial charge in [0.1, 0.15) is 5.82 Å². The molecule has 1 aliphatic heterocycles. The summed E-state index contributed by atoms with van der Waals surface area (Å²) in [6, 6.07) is 2.26. The normalized spacial score (nSPS) is 22.2. The maximum atomic E-state index is 12.6. The van der Waals surface area contributed by atoms with Crippen LogP contribution in [0.15, 0.2) is 18.3 Å². The van der Waals surface area contributed by atoms with Gasteiger partial charge in [-0.2, -0.15) is 13.2 Å². The second-order valence-corrected chi connectivity index (χ2v) is 5.76. The molecule has 1 atom stereocenters. The third-order valence-corrected chi connectivity index (χ3v) is 4.21. The number of aliphatic carboxylic acids is 1. The SMILES string of the molecule is COCCC1(C(=O)O)CCCN(c2ccc(C(F)(F)F)cn2)C1. The van der Waals surface area contributed by atoms with Crippen LogP contribution in [0.5, 0.6) is 0 Å². The summed E-state index contributed by atoms with van der Waals surface area (Å²) in [7, 11) is 1.51. The van der Waals surface area contributed by atoms with Gasteiger partial charge in [0.05, 0.1) is 11.0 Å². The van der Waals surface area contributed by atoms with Gasteiger partial charge in [0.15, 0.2) is 0 Å². The van der Waals surface area contributed by atoms with Crippen LogP contribution in [0.2, 0.25) is 0 Å². The summed E-state index contributed by atoms with van der Waals surface area (Å²) in [5.41, 5.74) is -1.78. The fourth-order valence-corrected chi connectivity index (χ4v) is 2.85. The number of ether oxygens (including phenoxy) is 1. The number of aromatic nitrogens is 1. The lowest BCUT2D eigenvalue weighted by Gasteiger charge is -2.40. The van der Waals surface area contributed by atoms with Gasteiger partial charge < -0.3 is 14.7 Å². The monoisotopic (exact) mass is 332 g/mol. The summed E-state index contributed by atoms with van der Waals surface area (Å²) in [5, 5.41) is 9.58. The number of hydrogen-bond donors (Lipinski definition) is 1. The van der Waals surface area contributed by atoms with Gasteiger partial charge >= 0.3 is 12.1 Å². The molecular formula is C15H19F3N2O3. The van der Waals surface area contributed by atoms with Crippen LogP contribution in [0.25, 0.3) is 0 Å². The second kappa shape index (κ2) is 6.74. The van der Waals surface area contributed by atoms with E-state index in [1.807, 2.05) is 0 Å². The molecule has 0 bridgehead atoms. The number of piperidine rings is 1. The Bertz CT molecular complexity index is 548. The summed E-state index contributed by atoms with van der Waals surface area (Å²) in [4.78, 5) is 17.3. The van der Waals surface area contributed by atoms with Gasteiger partial charge in [0.25, 0.3) is 0 Å². The highest BCUT2D eigenvalue weighted by Gasteiger charge is 2.42. The Hall–Kier alpha value is -1.83. The largest absolute Gasteiger partial charge is 0.481 e. The van der Waals surface area contributed by atoms with Crippen LogP contribution in [0.3, 0.4) is 0 Å². The van der Waals surface area contributed by atoms with Crippen molar-refractivity contribution in [2.75, 3.05) is 31.7 Å². The molecule has 8 heteroatoms. The van der Waals surface area contributed by atoms with Crippen molar-refractivity contribution in [3.8, 4) is 0 Å². The fourth-order valence-electron chi connectivity index (χ4n) is 2.85. The first-order valence-corrected chi connectivity index (χ1v) is 7.29. The lowest BCUT2D eigenvalue weighted by molar-refractivity contribution is -0.150. The van der Waals surface area contributed by atoms with Crippen molar-refractivity contribution in [1.82, 2.24) is 4.98 Å². The molecule has 1 aliphatic rings. The van der Waals surface area contributed by atoms with Gasteiger partial charge in [-0.05, 0) is 31.4 Å². The Balaban J connectivity index is 2.18. The molecule has 1 aromatic heterocycles. The molecule has 1 unspecified atom stereocenters. The average molecular weight is 332 g/mol. The Morgan fingerprint density at radius 3 is 2.74 bits per heavy atom. The molecule has 0 saturated carbocycles. The number of alkyl halides is 3. The highest BCUT2D eigenvalue weighted by molar-refractivity contribution is 5.76. The number of halogens is 3. The van der Waals surface area contributed by atoms with Gasteiger partial charge in [-0.1, -0.05) is 0 Å². The highest BCUT2D eigenvalue weighted by atomic mass is 19.4. The van der Waals surface area contributed by atoms with E-state index in [9.17, 15) is 23.1 Å². The maximum Gasteiger partial charge on any atom is 0.417 e. The van der Waals surface area contributed by atoms with E-state index in [1.54, 1.807) is 4.90 Å². The predicted molar refractivity (Wildman–Crippen MR) is 77.2 cm³/mol. The zero-order valence-corrected chi connectivity index (χ0v) is 12.8. The van der Waals surface area contributed by atoms with E-state index in [1.165, 1.54) is 13.2 Å². The smallest absolute Gasteiger partial charge is 0.417 e. The van der Waals surface area contributed by atoms with Gasteiger partial charge in [0, 0.05) is 33.0 Å². The first kappa shape index (κ1) is 17.5. The van der Waals surface area contributed by atoms with Crippen LogP contribution in [0.1, 0.15) is 24.8 Å².